The summed E-state index contributed by atoms with van der Waals surface area (Å²) in [6.45, 7) is 6.40. The molecule has 3 fully saturated rings. The van der Waals surface area contributed by atoms with E-state index >= 15 is 0 Å². The summed E-state index contributed by atoms with van der Waals surface area (Å²) in [4.78, 5) is 36.2. The molecule has 3 nitrogen and oxygen atoms in total. The lowest BCUT2D eigenvalue weighted by molar-refractivity contribution is -0.134. The van der Waals surface area contributed by atoms with Gasteiger partial charge in [0.1, 0.15) is 12.1 Å². The van der Waals surface area contributed by atoms with Gasteiger partial charge in [-0.1, -0.05) is 19.4 Å². The van der Waals surface area contributed by atoms with Crippen LogP contribution in [0.15, 0.2) is 11.6 Å². The van der Waals surface area contributed by atoms with Gasteiger partial charge in [-0.2, -0.15) is 0 Å². The maximum atomic E-state index is 12.2. The first kappa shape index (κ1) is 17.2. The molecule has 0 radical (unpaired) electrons. The molecule has 0 bridgehead atoms. The molecule has 25 heavy (non-hydrogen) atoms. The van der Waals surface area contributed by atoms with Crippen LogP contribution in [0, 0.1) is 40.4 Å². The summed E-state index contributed by atoms with van der Waals surface area (Å²) in [6.07, 6.45) is 9.60. The van der Waals surface area contributed by atoms with Crippen molar-refractivity contribution in [3.8, 4) is 0 Å². The fourth-order valence-corrected chi connectivity index (χ4v) is 7.42. The zero-order valence-electron chi connectivity index (χ0n) is 15.7. The van der Waals surface area contributed by atoms with E-state index in [9.17, 15) is 14.4 Å². The lowest BCUT2D eigenvalue weighted by atomic mass is 9.44. The van der Waals surface area contributed by atoms with Crippen LogP contribution in [0.2, 0.25) is 0 Å². The number of Topliss-reactive ketones (excluding diaryl/α,β-unsaturated/α-hetero) is 1. The Morgan fingerprint density at radius 1 is 1.16 bits per heavy atom. The van der Waals surface area contributed by atoms with Gasteiger partial charge in [0.15, 0.2) is 5.78 Å². The first-order valence-corrected chi connectivity index (χ1v) is 10.0. The van der Waals surface area contributed by atoms with Crippen LogP contribution in [0.5, 0.6) is 0 Å². The maximum Gasteiger partial charge on any atom is 0.155 e. The first-order chi connectivity index (χ1) is 11.8. The Morgan fingerprint density at radius 2 is 1.92 bits per heavy atom. The average Bonchev–Trinajstić information content (AvgIpc) is 2.92. The fraction of sp³-hybridized carbons (Fsp3) is 0.773. The predicted octanol–water partition coefficient (Wildman–Crippen LogP) is 4.15. The molecule has 0 aromatic rings. The highest BCUT2D eigenvalue weighted by atomic mass is 16.1. The lowest BCUT2D eigenvalue weighted by Crippen LogP contribution is -2.54. The minimum atomic E-state index is 0.0190. The van der Waals surface area contributed by atoms with Crippen molar-refractivity contribution >= 4 is 17.9 Å². The van der Waals surface area contributed by atoms with Gasteiger partial charge in [-0.25, -0.2) is 0 Å². The number of hydrogen-bond donors (Lipinski definition) is 0. The number of aldehydes is 1. The fourth-order valence-electron chi connectivity index (χ4n) is 7.42. The van der Waals surface area contributed by atoms with Crippen LogP contribution >= 0.6 is 0 Å². The molecule has 7 atom stereocenters. The van der Waals surface area contributed by atoms with Crippen molar-refractivity contribution in [2.45, 2.75) is 65.7 Å². The molecule has 4 aliphatic carbocycles. The first-order valence-electron chi connectivity index (χ1n) is 10.0. The van der Waals surface area contributed by atoms with Crippen molar-refractivity contribution in [2.24, 2.45) is 40.4 Å². The van der Waals surface area contributed by atoms with E-state index in [0.29, 0.717) is 30.0 Å². The third kappa shape index (κ3) is 2.27. The van der Waals surface area contributed by atoms with Crippen LogP contribution in [0.3, 0.4) is 0 Å². The number of carbonyl (C=O) groups excluding carboxylic acids is 3. The third-order valence-corrected chi connectivity index (χ3v) is 8.73. The molecule has 6 unspecified atom stereocenters. The molecule has 4 rings (SSSR count). The number of hydrogen-bond acceptors (Lipinski definition) is 3. The van der Waals surface area contributed by atoms with Crippen LogP contribution in [0.4, 0.5) is 0 Å². The Balaban J connectivity index is 1.75. The molecule has 4 aliphatic rings. The van der Waals surface area contributed by atoms with Gasteiger partial charge in [0.2, 0.25) is 0 Å². The van der Waals surface area contributed by atoms with Gasteiger partial charge in [-0.3, -0.25) is 9.59 Å². The minimum absolute atomic E-state index is 0.0190. The number of rotatable bonds is 2. The monoisotopic (exact) mass is 342 g/mol. The summed E-state index contributed by atoms with van der Waals surface area (Å²) in [7, 11) is 0. The van der Waals surface area contributed by atoms with E-state index in [2.05, 4.69) is 13.8 Å². The van der Waals surface area contributed by atoms with Crippen molar-refractivity contribution in [2.75, 3.05) is 0 Å². The van der Waals surface area contributed by atoms with E-state index in [1.54, 1.807) is 6.92 Å². The summed E-state index contributed by atoms with van der Waals surface area (Å²) in [6, 6.07) is 0. The number of fused-ring (bicyclic) bond motifs is 5. The van der Waals surface area contributed by atoms with Crippen molar-refractivity contribution < 1.29 is 14.4 Å². The molecule has 0 aliphatic heterocycles. The minimum Gasteiger partial charge on any atom is -0.303 e. The van der Waals surface area contributed by atoms with Gasteiger partial charge >= 0.3 is 0 Å². The van der Waals surface area contributed by atoms with Crippen LogP contribution in [-0.4, -0.2) is 17.9 Å². The molecule has 0 spiro atoms. The largest absolute Gasteiger partial charge is 0.303 e. The van der Waals surface area contributed by atoms with Crippen molar-refractivity contribution in [1.29, 1.82) is 0 Å². The van der Waals surface area contributed by atoms with E-state index in [-0.39, 0.29) is 28.4 Å². The van der Waals surface area contributed by atoms with Gasteiger partial charge in [0.25, 0.3) is 0 Å². The van der Waals surface area contributed by atoms with Gasteiger partial charge in [0, 0.05) is 18.3 Å². The molecule has 3 heteroatoms. The Hall–Kier alpha value is -1.25. The molecule has 0 heterocycles. The molecule has 136 valence electrons. The van der Waals surface area contributed by atoms with E-state index in [1.807, 2.05) is 6.08 Å². The van der Waals surface area contributed by atoms with Gasteiger partial charge in [0.05, 0.1) is 0 Å². The summed E-state index contributed by atoms with van der Waals surface area (Å²) < 4.78 is 0. The molecule has 0 amide bonds. The molecular weight excluding hydrogens is 312 g/mol. The molecule has 0 saturated heterocycles. The van der Waals surface area contributed by atoms with Crippen LogP contribution < -0.4 is 0 Å². The molecule has 0 N–H and O–H groups in total. The molecule has 3 saturated carbocycles. The Morgan fingerprint density at radius 3 is 2.60 bits per heavy atom. The van der Waals surface area contributed by atoms with Crippen molar-refractivity contribution in [3.05, 3.63) is 11.6 Å². The standard InChI is InChI=1S/C22H30O3/c1-13(24)17-4-5-18-20-14(12-23)10-15-11-16(25)6-8-21(15,2)19(20)7-9-22(17,18)3/h11-12,14,17-20H,4-10H2,1-3H3/t14-,17?,18?,19?,20?,21?,22?/m0/s1. The van der Waals surface area contributed by atoms with E-state index in [0.717, 1.165) is 44.8 Å². The summed E-state index contributed by atoms with van der Waals surface area (Å²) in [5, 5.41) is 0. The van der Waals surface area contributed by atoms with E-state index in [1.165, 1.54) is 5.57 Å². The third-order valence-electron chi connectivity index (χ3n) is 8.73. The smallest absolute Gasteiger partial charge is 0.155 e. The highest BCUT2D eigenvalue weighted by molar-refractivity contribution is 5.91. The van der Waals surface area contributed by atoms with Gasteiger partial charge in [-0.15, -0.1) is 0 Å². The number of ketones is 2. The topological polar surface area (TPSA) is 51.2 Å². The Labute approximate surface area is 150 Å². The van der Waals surface area contributed by atoms with Gasteiger partial charge in [-0.05, 0) is 80.1 Å². The van der Waals surface area contributed by atoms with E-state index < -0.39 is 0 Å². The average molecular weight is 342 g/mol. The molecular formula is C22H30O3. The highest BCUT2D eigenvalue weighted by Crippen LogP contribution is 2.67. The Bertz CT molecular complexity index is 662. The molecule has 0 aromatic carbocycles. The second kappa shape index (κ2) is 5.62. The SMILES string of the molecule is CC(=O)C1CCC2C3C(CCC12C)C1(C)CCC(=O)C=C1C[C@H]3C=O. The lowest BCUT2D eigenvalue weighted by Gasteiger charge is -2.59. The predicted molar refractivity (Wildman–Crippen MR) is 95.8 cm³/mol. The van der Waals surface area contributed by atoms with Gasteiger partial charge < -0.3 is 4.79 Å². The summed E-state index contributed by atoms with van der Waals surface area (Å²) in [5.74, 6) is 2.10. The van der Waals surface area contributed by atoms with Crippen molar-refractivity contribution in [3.63, 3.8) is 0 Å². The zero-order chi connectivity index (χ0) is 18.0. The van der Waals surface area contributed by atoms with Crippen LogP contribution in [0.1, 0.15) is 65.7 Å². The van der Waals surface area contributed by atoms with Crippen LogP contribution in [-0.2, 0) is 14.4 Å². The normalized spacial score (nSPS) is 48.8. The second-order valence-electron chi connectivity index (χ2n) is 9.63. The zero-order valence-corrected chi connectivity index (χ0v) is 15.7. The summed E-state index contributed by atoms with van der Waals surface area (Å²) >= 11 is 0. The van der Waals surface area contributed by atoms with E-state index in [4.69, 9.17) is 0 Å². The summed E-state index contributed by atoms with van der Waals surface area (Å²) in [5.41, 5.74) is 1.37. The molecule has 0 aromatic heterocycles. The highest BCUT2D eigenvalue weighted by Gasteiger charge is 2.61. The van der Waals surface area contributed by atoms with Crippen LogP contribution in [0.25, 0.3) is 0 Å². The number of carbonyl (C=O) groups is 3. The van der Waals surface area contributed by atoms with Crippen molar-refractivity contribution in [1.82, 2.24) is 0 Å². The Kier molecular flexibility index (Phi) is 3.86. The maximum absolute atomic E-state index is 12.2. The number of allylic oxidation sites excluding steroid dienone is 1. The second-order valence-corrected chi connectivity index (χ2v) is 9.63. The quantitative estimate of drug-likeness (QED) is 0.708.